The zero-order valence-corrected chi connectivity index (χ0v) is 7.71. The van der Waals surface area contributed by atoms with Crippen LogP contribution in [-0.4, -0.2) is 5.78 Å². The van der Waals surface area contributed by atoms with E-state index in [0.717, 1.165) is 12.0 Å². The molecule has 0 aliphatic rings. The minimum Gasteiger partial charge on any atom is -0.285 e. The highest BCUT2D eigenvalue weighted by atomic mass is 16.1. The third-order valence-corrected chi connectivity index (χ3v) is 1.60. The Kier molecular flexibility index (Phi) is 3.78. The Balaban J connectivity index is 2.62. The molecule has 66 valence electrons. The SMILES string of the molecule is CCCC(=O)C#Cc1ccccc1. The lowest BCUT2D eigenvalue weighted by Gasteiger charge is -1.86. The van der Waals surface area contributed by atoms with Crippen molar-refractivity contribution < 1.29 is 4.79 Å². The van der Waals surface area contributed by atoms with Gasteiger partial charge in [-0.2, -0.15) is 0 Å². The number of ketones is 1. The second kappa shape index (κ2) is 5.16. The summed E-state index contributed by atoms with van der Waals surface area (Å²) in [6, 6.07) is 9.54. The minimum absolute atomic E-state index is 0.0198. The fourth-order valence-corrected chi connectivity index (χ4v) is 0.953. The summed E-state index contributed by atoms with van der Waals surface area (Å²) in [5.74, 6) is 5.46. The Morgan fingerprint density at radius 1 is 1.31 bits per heavy atom. The van der Waals surface area contributed by atoms with Crippen molar-refractivity contribution in [2.75, 3.05) is 0 Å². The molecule has 0 aliphatic carbocycles. The van der Waals surface area contributed by atoms with Crippen molar-refractivity contribution >= 4 is 5.78 Å². The molecule has 0 amide bonds. The molecule has 1 aromatic rings. The maximum absolute atomic E-state index is 11.0. The summed E-state index contributed by atoms with van der Waals surface area (Å²) in [4.78, 5) is 11.0. The molecule has 0 aliphatic heterocycles. The van der Waals surface area contributed by atoms with Crippen LogP contribution in [0.4, 0.5) is 0 Å². The first-order valence-corrected chi connectivity index (χ1v) is 4.43. The minimum atomic E-state index is 0.0198. The van der Waals surface area contributed by atoms with E-state index in [1.54, 1.807) is 0 Å². The molecular formula is C12H12O. The zero-order valence-electron chi connectivity index (χ0n) is 7.71. The fraction of sp³-hybridized carbons (Fsp3) is 0.250. The summed E-state index contributed by atoms with van der Waals surface area (Å²) in [6.45, 7) is 1.97. The van der Waals surface area contributed by atoms with Gasteiger partial charge in [0.05, 0.1) is 0 Å². The Labute approximate surface area is 78.8 Å². The van der Waals surface area contributed by atoms with Crippen LogP contribution < -0.4 is 0 Å². The predicted molar refractivity (Wildman–Crippen MR) is 53.2 cm³/mol. The molecular weight excluding hydrogens is 160 g/mol. The molecule has 1 nitrogen and oxygen atoms in total. The summed E-state index contributed by atoms with van der Waals surface area (Å²) in [7, 11) is 0. The van der Waals surface area contributed by atoms with Crippen molar-refractivity contribution in [1.29, 1.82) is 0 Å². The second-order valence-corrected chi connectivity index (χ2v) is 2.79. The molecule has 0 fully saturated rings. The van der Waals surface area contributed by atoms with E-state index in [4.69, 9.17) is 0 Å². The van der Waals surface area contributed by atoms with E-state index < -0.39 is 0 Å². The highest BCUT2D eigenvalue weighted by Gasteiger charge is 1.91. The molecule has 13 heavy (non-hydrogen) atoms. The van der Waals surface area contributed by atoms with E-state index >= 15 is 0 Å². The van der Waals surface area contributed by atoms with Crippen LogP contribution in [0.25, 0.3) is 0 Å². The van der Waals surface area contributed by atoms with Crippen molar-refractivity contribution in [1.82, 2.24) is 0 Å². The number of rotatable bonds is 2. The van der Waals surface area contributed by atoms with Gasteiger partial charge >= 0.3 is 0 Å². The maximum Gasteiger partial charge on any atom is 0.205 e. The Morgan fingerprint density at radius 2 is 2.00 bits per heavy atom. The summed E-state index contributed by atoms with van der Waals surface area (Å²) in [5, 5.41) is 0. The highest BCUT2D eigenvalue weighted by molar-refractivity contribution is 5.95. The quantitative estimate of drug-likeness (QED) is 0.626. The van der Waals surface area contributed by atoms with E-state index in [9.17, 15) is 4.79 Å². The summed E-state index contributed by atoms with van der Waals surface area (Å²) >= 11 is 0. The molecule has 0 aromatic heterocycles. The molecule has 1 rings (SSSR count). The van der Waals surface area contributed by atoms with E-state index in [2.05, 4.69) is 11.8 Å². The van der Waals surface area contributed by atoms with Gasteiger partial charge < -0.3 is 0 Å². The van der Waals surface area contributed by atoms with E-state index in [-0.39, 0.29) is 5.78 Å². The zero-order chi connectivity index (χ0) is 9.52. The van der Waals surface area contributed by atoms with Crippen molar-refractivity contribution in [3.63, 3.8) is 0 Å². The van der Waals surface area contributed by atoms with Gasteiger partial charge in [-0.1, -0.05) is 31.0 Å². The van der Waals surface area contributed by atoms with Gasteiger partial charge in [0, 0.05) is 12.0 Å². The van der Waals surface area contributed by atoms with Crippen LogP contribution in [0.2, 0.25) is 0 Å². The predicted octanol–water partition coefficient (Wildman–Crippen LogP) is 2.41. The monoisotopic (exact) mass is 172 g/mol. The van der Waals surface area contributed by atoms with Crippen molar-refractivity contribution in [3.05, 3.63) is 35.9 Å². The number of carbonyl (C=O) groups excluding carboxylic acids is 1. The molecule has 0 bridgehead atoms. The molecule has 0 heterocycles. The third-order valence-electron chi connectivity index (χ3n) is 1.60. The smallest absolute Gasteiger partial charge is 0.205 e. The van der Waals surface area contributed by atoms with Crippen LogP contribution in [0.5, 0.6) is 0 Å². The normalized spacial score (nSPS) is 8.69. The van der Waals surface area contributed by atoms with Crippen LogP contribution >= 0.6 is 0 Å². The summed E-state index contributed by atoms with van der Waals surface area (Å²) < 4.78 is 0. The van der Waals surface area contributed by atoms with Gasteiger partial charge in [-0.25, -0.2) is 0 Å². The first kappa shape index (κ1) is 9.54. The van der Waals surface area contributed by atoms with Gasteiger partial charge in [0.25, 0.3) is 0 Å². The standard InChI is InChI=1S/C12H12O/c1-2-6-12(13)10-9-11-7-4-3-5-8-11/h3-5,7-8H,2,6H2,1H3. The molecule has 0 saturated carbocycles. The molecule has 0 atom stereocenters. The second-order valence-electron chi connectivity index (χ2n) is 2.79. The lowest BCUT2D eigenvalue weighted by atomic mass is 10.2. The lowest BCUT2D eigenvalue weighted by Crippen LogP contribution is -1.90. The topological polar surface area (TPSA) is 17.1 Å². The van der Waals surface area contributed by atoms with Gasteiger partial charge in [0.15, 0.2) is 0 Å². The number of hydrogen-bond donors (Lipinski definition) is 0. The van der Waals surface area contributed by atoms with Crippen LogP contribution in [-0.2, 0) is 4.79 Å². The lowest BCUT2D eigenvalue weighted by molar-refractivity contribution is -0.113. The van der Waals surface area contributed by atoms with Crippen molar-refractivity contribution in [2.24, 2.45) is 0 Å². The maximum atomic E-state index is 11.0. The largest absolute Gasteiger partial charge is 0.285 e. The van der Waals surface area contributed by atoms with E-state index in [1.807, 2.05) is 37.3 Å². The Bertz CT molecular complexity index is 327. The van der Waals surface area contributed by atoms with Gasteiger partial charge in [-0.15, -0.1) is 0 Å². The van der Waals surface area contributed by atoms with Crippen LogP contribution in [0.1, 0.15) is 25.3 Å². The molecule has 0 saturated heterocycles. The first-order valence-electron chi connectivity index (χ1n) is 4.43. The van der Waals surface area contributed by atoms with Crippen molar-refractivity contribution in [3.8, 4) is 11.8 Å². The summed E-state index contributed by atoms with van der Waals surface area (Å²) in [5.41, 5.74) is 0.895. The average Bonchev–Trinajstić information content (AvgIpc) is 2.17. The van der Waals surface area contributed by atoms with Crippen LogP contribution in [0.3, 0.4) is 0 Å². The number of carbonyl (C=O) groups is 1. The molecule has 0 radical (unpaired) electrons. The summed E-state index contributed by atoms with van der Waals surface area (Å²) in [6.07, 6.45) is 1.42. The number of benzene rings is 1. The average molecular weight is 172 g/mol. The van der Waals surface area contributed by atoms with Gasteiger partial charge in [0.2, 0.25) is 5.78 Å². The third kappa shape index (κ3) is 3.57. The van der Waals surface area contributed by atoms with Gasteiger partial charge in [-0.05, 0) is 24.5 Å². The molecule has 1 heteroatoms. The molecule has 1 aromatic carbocycles. The number of Topliss-reactive ketones (excluding diaryl/α,β-unsaturated/α-hetero) is 1. The fourth-order valence-electron chi connectivity index (χ4n) is 0.953. The Hall–Kier alpha value is -1.55. The van der Waals surface area contributed by atoms with Crippen molar-refractivity contribution in [2.45, 2.75) is 19.8 Å². The molecule has 0 N–H and O–H groups in total. The molecule has 0 unspecified atom stereocenters. The highest BCUT2D eigenvalue weighted by Crippen LogP contribution is 1.95. The van der Waals surface area contributed by atoms with Crippen LogP contribution in [0, 0.1) is 11.8 Å². The molecule has 0 spiro atoms. The van der Waals surface area contributed by atoms with E-state index in [0.29, 0.717) is 6.42 Å². The van der Waals surface area contributed by atoms with E-state index in [1.165, 1.54) is 0 Å². The van der Waals surface area contributed by atoms with Gasteiger partial charge in [-0.3, -0.25) is 4.79 Å². The first-order chi connectivity index (χ1) is 6.33. The van der Waals surface area contributed by atoms with Crippen LogP contribution in [0.15, 0.2) is 30.3 Å². The van der Waals surface area contributed by atoms with Gasteiger partial charge in [0.1, 0.15) is 0 Å². The Morgan fingerprint density at radius 3 is 2.62 bits per heavy atom. The number of hydrogen-bond acceptors (Lipinski definition) is 1.